The second-order valence-corrected chi connectivity index (χ2v) is 6.53. The topological polar surface area (TPSA) is 73.9 Å². The average Bonchev–Trinajstić information content (AvgIpc) is 2.53. The van der Waals surface area contributed by atoms with Gasteiger partial charge in [0.2, 0.25) is 0 Å². The maximum absolute atomic E-state index is 12.3. The molecule has 0 heterocycles. The summed E-state index contributed by atoms with van der Waals surface area (Å²) in [5.41, 5.74) is -0.196. The number of carbonyl (C=O) groups is 2. The molecule has 1 amide bonds. The van der Waals surface area contributed by atoms with Crippen molar-refractivity contribution in [2.75, 3.05) is 25.1 Å². The molecule has 0 aromatic heterocycles. The smallest absolute Gasteiger partial charge is 0.341 e. The van der Waals surface area contributed by atoms with Crippen molar-refractivity contribution in [3.63, 3.8) is 0 Å². The first-order valence-electron chi connectivity index (χ1n) is 8.60. The summed E-state index contributed by atoms with van der Waals surface area (Å²) < 4.78 is 16.2. The van der Waals surface area contributed by atoms with Gasteiger partial charge >= 0.3 is 5.97 Å². The van der Waals surface area contributed by atoms with E-state index in [9.17, 15) is 9.59 Å². The molecular formula is C19H29NO5. The SMILES string of the molecule is CCOC(=O)c1cc(NC(=O)C(C)(C)OCC)ccc1OCC(C)C. The van der Waals surface area contributed by atoms with Crippen LogP contribution in [0.4, 0.5) is 5.69 Å². The van der Waals surface area contributed by atoms with Crippen molar-refractivity contribution in [1.29, 1.82) is 0 Å². The molecule has 1 aromatic rings. The summed E-state index contributed by atoms with van der Waals surface area (Å²) >= 11 is 0. The molecule has 25 heavy (non-hydrogen) atoms. The number of ether oxygens (including phenoxy) is 3. The molecule has 0 radical (unpaired) electrons. The van der Waals surface area contributed by atoms with Crippen LogP contribution in [0.25, 0.3) is 0 Å². The molecule has 1 N–H and O–H groups in total. The highest BCUT2D eigenvalue weighted by atomic mass is 16.5. The van der Waals surface area contributed by atoms with Gasteiger partial charge in [-0.25, -0.2) is 4.79 Å². The molecular weight excluding hydrogens is 322 g/mol. The fourth-order valence-electron chi connectivity index (χ4n) is 2.07. The van der Waals surface area contributed by atoms with Crippen LogP contribution in [0.5, 0.6) is 5.75 Å². The Kier molecular flexibility index (Phi) is 7.90. The van der Waals surface area contributed by atoms with E-state index >= 15 is 0 Å². The van der Waals surface area contributed by atoms with Gasteiger partial charge in [-0.2, -0.15) is 0 Å². The molecule has 0 saturated heterocycles. The van der Waals surface area contributed by atoms with Crippen molar-refractivity contribution >= 4 is 17.6 Å². The summed E-state index contributed by atoms with van der Waals surface area (Å²) in [7, 11) is 0. The Morgan fingerprint density at radius 3 is 2.40 bits per heavy atom. The number of benzene rings is 1. The van der Waals surface area contributed by atoms with Gasteiger partial charge in [0.1, 0.15) is 16.9 Å². The van der Waals surface area contributed by atoms with Crippen LogP contribution in [0, 0.1) is 5.92 Å². The van der Waals surface area contributed by atoms with Crippen LogP contribution in [0.1, 0.15) is 51.9 Å². The lowest BCUT2D eigenvalue weighted by molar-refractivity contribution is -0.136. The lowest BCUT2D eigenvalue weighted by Crippen LogP contribution is -2.39. The van der Waals surface area contributed by atoms with E-state index in [1.165, 1.54) is 0 Å². The first-order chi connectivity index (χ1) is 11.7. The molecule has 1 aromatic carbocycles. The third-order valence-electron chi connectivity index (χ3n) is 3.36. The lowest BCUT2D eigenvalue weighted by Gasteiger charge is -2.23. The first-order valence-corrected chi connectivity index (χ1v) is 8.60. The minimum absolute atomic E-state index is 0.260. The van der Waals surface area contributed by atoms with E-state index in [0.717, 1.165) is 0 Å². The normalized spacial score (nSPS) is 11.3. The lowest BCUT2D eigenvalue weighted by atomic mass is 10.1. The molecule has 0 aliphatic rings. The number of hydrogen-bond acceptors (Lipinski definition) is 5. The largest absolute Gasteiger partial charge is 0.492 e. The van der Waals surface area contributed by atoms with Crippen LogP contribution in [0.3, 0.4) is 0 Å². The molecule has 6 nitrogen and oxygen atoms in total. The maximum Gasteiger partial charge on any atom is 0.341 e. The second kappa shape index (κ2) is 9.42. The number of nitrogens with one attached hydrogen (secondary N) is 1. The number of anilines is 1. The minimum atomic E-state index is -0.967. The van der Waals surface area contributed by atoms with Crippen molar-refractivity contribution in [3.05, 3.63) is 23.8 Å². The molecule has 0 saturated carbocycles. The highest BCUT2D eigenvalue weighted by molar-refractivity contribution is 5.99. The zero-order valence-electron chi connectivity index (χ0n) is 16.0. The van der Waals surface area contributed by atoms with Gasteiger partial charge in [0.05, 0.1) is 13.2 Å². The van der Waals surface area contributed by atoms with E-state index in [2.05, 4.69) is 5.32 Å². The van der Waals surface area contributed by atoms with Crippen molar-refractivity contribution in [3.8, 4) is 5.75 Å². The Bertz CT molecular complexity index is 595. The van der Waals surface area contributed by atoms with Crippen molar-refractivity contribution in [1.82, 2.24) is 0 Å². The van der Waals surface area contributed by atoms with Crippen LogP contribution in [-0.4, -0.2) is 37.3 Å². The van der Waals surface area contributed by atoms with E-state index in [-0.39, 0.29) is 18.1 Å². The molecule has 0 atom stereocenters. The summed E-state index contributed by atoms with van der Waals surface area (Å²) in [6.07, 6.45) is 0. The van der Waals surface area contributed by atoms with Gasteiger partial charge in [-0.1, -0.05) is 13.8 Å². The molecule has 0 spiro atoms. The Morgan fingerprint density at radius 2 is 1.84 bits per heavy atom. The van der Waals surface area contributed by atoms with Gasteiger partial charge in [0, 0.05) is 12.3 Å². The Balaban J connectivity index is 3.04. The van der Waals surface area contributed by atoms with Crippen molar-refractivity contribution in [2.45, 2.75) is 47.1 Å². The summed E-state index contributed by atoms with van der Waals surface area (Å²) in [4.78, 5) is 24.6. The van der Waals surface area contributed by atoms with E-state index in [1.807, 2.05) is 20.8 Å². The summed E-state index contributed by atoms with van der Waals surface area (Å²) in [6.45, 7) is 12.2. The Labute approximate surface area is 149 Å². The van der Waals surface area contributed by atoms with Crippen LogP contribution < -0.4 is 10.1 Å². The Morgan fingerprint density at radius 1 is 1.16 bits per heavy atom. The molecule has 0 unspecified atom stereocenters. The molecule has 0 bridgehead atoms. The van der Waals surface area contributed by atoms with Crippen LogP contribution in [0.2, 0.25) is 0 Å². The van der Waals surface area contributed by atoms with Gasteiger partial charge in [-0.05, 0) is 51.8 Å². The van der Waals surface area contributed by atoms with Gasteiger partial charge in [-0.15, -0.1) is 0 Å². The standard InChI is InChI=1S/C19H29NO5/c1-7-23-17(21)15-11-14(9-10-16(15)24-12-13(3)4)20-18(22)19(5,6)25-8-2/h9-11,13H,7-8,12H2,1-6H3,(H,20,22). The van der Waals surface area contributed by atoms with Crippen LogP contribution in [0.15, 0.2) is 18.2 Å². The van der Waals surface area contributed by atoms with Crippen molar-refractivity contribution in [2.24, 2.45) is 5.92 Å². The Hall–Kier alpha value is -2.08. The maximum atomic E-state index is 12.3. The van der Waals surface area contributed by atoms with E-state index in [0.29, 0.717) is 30.6 Å². The fraction of sp³-hybridized carbons (Fsp3) is 0.579. The zero-order valence-corrected chi connectivity index (χ0v) is 16.0. The number of esters is 1. The van der Waals surface area contributed by atoms with E-state index in [1.54, 1.807) is 39.0 Å². The van der Waals surface area contributed by atoms with Gasteiger partial charge in [-0.3, -0.25) is 4.79 Å². The summed E-state index contributed by atoms with van der Waals surface area (Å²) in [5.74, 6) is -0.0166. The number of hydrogen-bond donors (Lipinski definition) is 1. The average molecular weight is 351 g/mol. The molecule has 1 rings (SSSR count). The third kappa shape index (κ3) is 6.38. The number of amides is 1. The molecule has 0 aliphatic carbocycles. The number of carbonyl (C=O) groups excluding carboxylic acids is 2. The van der Waals surface area contributed by atoms with Crippen LogP contribution >= 0.6 is 0 Å². The predicted octanol–water partition coefficient (Wildman–Crippen LogP) is 3.65. The van der Waals surface area contributed by atoms with E-state index in [4.69, 9.17) is 14.2 Å². The minimum Gasteiger partial charge on any atom is -0.492 e. The van der Waals surface area contributed by atoms with E-state index < -0.39 is 11.6 Å². The summed E-state index contributed by atoms with van der Waals surface area (Å²) in [5, 5.41) is 2.77. The number of rotatable bonds is 9. The first kappa shape index (κ1) is 21.0. The highest BCUT2D eigenvalue weighted by Crippen LogP contribution is 2.25. The molecule has 6 heteroatoms. The third-order valence-corrected chi connectivity index (χ3v) is 3.36. The monoisotopic (exact) mass is 351 g/mol. The van der Waals surface area contributed by atoms with Gasteiger partial charge in [0.25, 0.3) is 5.91 Å². The van der Waals surface area contributed by atoms with Crippen LogP contribution in [-0.2, 0) is 14.3 Å². The molecule has 0 aliphatic heterocycles. The quantitative estimate of drug-likeness (QED) is 0.688. The fourth-order valence-corrected chi connectivity index (χ4v) is 2.07. The summed E-state index contributed by atoms with van der Waals surface area (Å²) in [6, 6.07) is 4.92. The van der Waals surface area contributed by atoms with Crippen molar-refractivity contribution < 1.29 is 23.8 Å². The molecule has 0 fully saturated rings. The van der Waals surface area contributed by atoms with Gasteiger partial charge < -0.3 is 19.5 Å². The highest BCUT2D eigenvalue weighted by Gasteiger charge is 2.28. The molecule has 140 valence electrons. The zero-order chi connectivity index (χ0) is 19.0. The predicted molar refractivity (Wildman–Crippen MR) is 97.1 cm³/mol. The second-order valence-electron chi connectivity index (χ2n) is 6.53. The van der Waals surface area contributed by atoms with Gasteiger partial charge in [0.15, 0.2) is 0 Å².